The summed E-state index contributed by atoms with van der Waals surface area (Å²) < 4.78 is 1.99. The molecule has 2 fully saturated rings. The molecule has 0 saturated carbocycles. The van der Waals surface area contributed by atoms with Crippen LogP contribution in [0.15, 0.2) is 11.4 Å². The number of aromatic nitrogens is 2. The summed E-state index contributed by atoms with van der Waals surface area (Å²) in [6.07, 6.45) is 6.60. The minimum atomic E-state index is -0.154. The van der Waals surface area contributed by atoms with Crippen LogP contribution in [0, 0.1) is 11.8 Å². The van der Waals surface area contributed by atoms with Gasteiger partial charge in [0.05, 0.1) is 30.3 Å². The van der Waals surface area contributed by atoms with Crippen molar-refractivity contribution in [2.24, 2.45) is 18.9 Å². The number of hydrogen-bond acceptors (Lipinski definition) is 5. The van der Waals surface area contributed by atoms with E-state index in [-0.39, 0.29) is 23.7 Å². The van der Waals surface area contributed by atoms with Gasteiger partial charge in [0.1, 0.15) is 0 Å². The molecule has 0 radical (unpaired) electrons. The lowest BCUT2D eigenvalue weighted by molar-refractivity contribution is -0.136. The van der Waals surface area contributed by atoms with E-state index >= 15 is 0 Å². The fraction of sp³-hybridized carbons (Fsp3) is 0.706. The Morgan fingerprint density at radius 2 is 2.04 bits per heavy atom. The van der Waals surface area contributed by atoms with E-state index in [0.717, 1.165) is 36.8 Å². The third-order valence-corrected chi connectivity index (χ3v) is 5.90. The summed E-state index contributed by atoms with van der Waals surface area (Å²) in [5.41, 5.74) is 0.978. The first-order valence-electron chi connectivity index (χ1n) is 8.92. The first kappa shape index (κ1) is 18.3. The van der Waals surface area contributed by atoms with Crippen LogP contribution < -0.4 is 10.6 Å². The lowest BCUT2D eigenvalue weighted by Gasteiger charge is -2.31. The second-order valence-corrected chi connectivity index (χ2v) is 7.61. The molecule has 1 aromatic rings. The molecule has 0 bridgehead atoms. The van der Waals surface area contributed by atoms with Gasteiger partial charge in [-0.3, -0.25) is 9.59 Å². The zero-order chi connectivity index (χ0) is 17.8. The monoisotopic (exact) mass is 365 g/mol. The smallest absolute Gasteiger partial charge is 0.226 e. The number of amides is 2. The number of imidazole rings is 1. The molecule has 2 saturated heterocycles. The predicted octanol–water partition coefficient (Wildman–Crippen LogP) is 0.606. The van der Waals surface area contributed by atoms with Crippen LogP contribution in [0.25, 0.3) is 0 Å². The number of carbonyl (C=O) groups excluding carboxylic acids is 2. The van der Waals surface area contributed by atoms with Crippen LogP contribution in [0.4, 0.5) is 0 Å². The third kappa shape index (κ3) is 4.17. The standard InChI is InChI=1S/C17H27N5O2S/c1-21-14(11-20-17(21)25-2)10-19-15(23)12-7-13(9-18-8-12)16(24)22-5-3-4-6-22/h11-13,18H,3-10H2,1-2H3,(H,19,23)/t12-,13+/m0/s1. The van der Waals surface area contributed by atoms with Crippen molar-refractivity contribution in [2.45, 2.75) is 31.0 Å². The van der Waals surface area contributed by atoms with Crippen LogP contribution in [0.3, 0.4) is 0 Å². The minimum Gasteiger partial charge on any atom is -0.350 e. The second kappa shape index (κ2) is 8.23. The van der Waals surface area contributed by atoms with Gasteiger partial charge in [0.2, 0.25) is 11.8 Å². The topological polar surface area (TPSA) is 79.3 Å². The molecule has 1 aromatic heterocycles. The van der Waals surface area contributed by atoms with E-state index in [2.05, 4.69) is 15.6 Å². The second-order valence-electron chi connectivity index (χ2n) is 6.83. The highest BCUT2D eigenvalue weighted by Gasteiger charge is 2.34. The number of thioether (sulfide) groups is 1. The van der Waals surface area contributed by atoms with Gasteiger partial charge in [-0.1, -0.05) is 11.8 Å². The van der Waals surface area contributed by atoms with Gasteiger partial charge in [0, 0.05) is 33.2 Å². The molecule has 2 aliphatic rings. The number of rotatable bonds is 5. The lowest BCUT2D eigenvalue weighted by Crippen LogP contribution is -2.48. The molecule has 3 rings (SSSR count). The van der Waals surface area contributed by atoms with Crippen molar-refractivity contribution in [3.05, 3.63) is 11.9 Å². The van der Waals surface area contributed by atoms with Crippen molar-refractivity contribution in [1.82, 2.24) is 25.1 Å². The van der Waals surface area contributed by atoms with Gasteiger partial charge in [-0.15, -0.1) is 0 Å². The lowest BCUT2D eigenvalue weighted by atomic mass is 9.89. The molecule has 2 aliphatic heterocycles. The average Bonchev–Trinajstić information content (AvgIpc) is 3.29. The number of piperidine rings is 1. The molecule has 138 valence electrons. The molecular weight excluding hydrogens is 338 g/mol. The van der Waals surface area contributed by atoms with E-state index in [1.54, 1.807) is 18.0 Å². The van der Waals surface area contributed by atoms with E-state index in [1.807, 2.05) is 22.8 Å². The van der Waals surface area contributed by atoms with E-state index in [0.29, 0.717) is 26.1 Å². The van der Waals surface area contributed by atoms with Gasteiger partial charge >= 0.3 is 0 Å². The van der Waals surface area contributed by atoms with Crippen molar-refractivity contribution >= 4 is 23.6 Å². The number of carbonyl (C=O) groups is 2. The van der Waals surface area contributed by atoms with E-state index in [4.69, 9.17) is 0 Å². The van der Waals surface area contributed by atoms with Crippen molar-refractivity contribution in [3.63, 3.8) is 0 Å². The summed E-state index contributed by atoms with van der Waals surface area (Å²) in [6, 6.07) is 0. The first-order valence-corrected chi connectivity index (χ1v) is 10.1. The van der Waals surface area contributed by atoms with Crippen LogP contribution in [0.1, 0.15) is 25.0 Å². The highest BCUT2D eigenvalue weighted by molar-refractivity contribution is 7.98. The maximum Gasteiger partial charge on any atom is 0.226 e. The van der Waals surface area contributed by atoms with Gasteiger partial charge in [-0.05, 0) is 25.5 Å². The minimum absolute atomic E-state index is 0.0123. The Bertz CT molecular complexity index is 627. The molecule has 0 unspecified atom stereocenters. The van der Waals surface area contributed by atoms with Crippen molar-refractivity contribution in [1.29, 1.82) is 0 Å². The van der Waals surface area contributed by atoms with E-state index < -0.39 is 0 Å². The molecule has 8 heteroatoms. The van der Waals surface area contributed by atoms with Crippen LogP contribution in [-0.4, -0.2) is 58.7 Å². The number of likely N-dealkylation sites (tertiary alicyclic amines) is 1. The highest BCUT2D eigenvalue weighted by Crippen LogP contribution is 2.21. The van der Waals surface area contributed by atoms with Crippen LogP contribution in [-0.2, 0) is 23.2 Å². The van der Waals surface area contributed by atoms with Crippen molar-refractivity contribution in [3.8, 4) is 0 Å². The Labute approximate surface area is 152 Å². The molecule has 2 atom stereocenters. The fourth-order valence-electron chi connectivity index (χ4n) is 3.63. The number of nitrogens with one attached hydrogen (secondary N) is 2. The maximum atomic E-state index is 12.6. The molecule has 2 amide bonds. The summed E-state index contributed by atoms with van der Waals surface area (Å²) in [4.78, 5) is 31.4. The van der Waals surface area contributed by atoms with Gasteiger partial charge in [0.15, 0.2) is 5.16 Å². The Balaban J connectivity index is 1.52. The SMILES string of the molecule is CSc1ncc(CNC(=O)[C@@H]2CNC[C@H](C(=O)N3CCCC3)C2)n1C. The summed E-state index contributed by atoms with van der Waals surface area (Å²) in [6.45, 7) is 3.51. The normalized spacial score (nSPS) is 23.7. The summed E-state index contributed by atoms with van der Waals surface area (Å²) in [7, 11) is 1.95. The largest absolute Gasteiger partial charge is 0.350 e. The zero-order valence-electron chi connectivity index (χ0n) is 15.0. The van der Waals surface area contributed by atoms with Crippen LogP contribution >= 0.6 is 11.8 Å². The fourth-order valence-corrected chi connectivity index (χ4v) is 4.18. The molecule has 25 heavy (non-hydrogen) atoms. The molecule has 0 spiro atoms. The Kier molecular flexibility index (Phi) is 6.01. The number of hydrogen-bond donors (Lipinski definition) is 2. The molecule has 0 aliphatic carbocycles. The Morgan fingerprint density at radius 1 is 1.32 bits per heavy atom. The van der Waals surface area contributed by atoms with Crippen LogP contribution in [0.2, 0.25) is 0 Å². The zero-order valence-corrected chi connectivity index (χ0v) is 15.8. The summed E-state index contributed by atoms with van der Waals surface area (Å²) >= 11 is 1.58. The highest BCUT2D eigenvalue weighted by atomic mass is 32.2. The summed E-state index contributed by atoms with van der Waals surface area (Å²) in [5, 5.41) is 7.20. The van der Waals surface area contributed by atoms with Crippen molar-refractivity contribution in [2.75, 3.05) is 32.4 Å². The van der Waals surface area contributed by atoms with Gasteiger partial charge in [-0.2, -0.15) is 0 Å². The maximum absolute atomic E-state index is 12.6. The van der Waals surface area contributed by atoms with E-state index in [9.17, 15) is 9.59 Å². The van der Waals surface area contributed by atoms with Gasteiger partial charge < -0.3 is 20.1 Å². The molecule has 2 N–H and O–H groups in total. The predicted molar refractivity (Wildman–Crippen MR) is 97.1 cm³/mol. The molecule has 3 heterocycles. The first-order chi connectivity index (χ1) is 12.1. The van der Waals surface area contributed by atoms with Crippen LogP contribution in [0.5, 0.6) is 0 Å². The molecular formula is C17H27N5O2S. The Morgan fingerprint density at radius 3 is 2.72 bits per heavy atom. The quantitative estimate of drug-likeness (QED) is 0.748. The molecule has 0 aromatic carbocycles. The van der Waals surface area contributed by atoms with Gasteiger partial charge in [0.25, 0.3) is 0 Å². The number of nitrogens with zero attached hydrogens (tertiary/aromatic N) is 3. The van der Waals surface area contributed by atoms with E-state index in [1.165, 1.54) is 0 Å². The Hall–Kier alpha value is -1.54. The molecule has 7 nitrogen and oxygen atoms in total. The van der Waals surface area contributed by atoms with Crippen molar-refractivity contribution < 1.29 is 9.59 Å². The third-order valence-electron chi connectivity index (χ3n) is 5.16. The summed E-state index contributed by atoms with van der Waals surface area (Å²) in [5.74, 6) is -0.0157. The average molecular weight is 366 g/mol. The van der Waals surface area contributed by atoms with Gasteiger partial charge in [-0.25, -0.2) is 4.98 Å².